The maximum absolute atomic E-state index is 12.6. The van der Waals surface area contributed by atoms with Crippen molar-refractivity contribution in [3.63, 3.8) is 0 Å². The van der Waals surface area contributed by atoms with Crippen LogP contribution in [0.1, 0.15) is 16.7 Å². The summed E-state index contributed by atoms with van der Waals surface area (Å²) >= 11 is 0. The van der Waals surface area contributed by atoms with E-state index in [4.69, 9.17) is 5.26 Å². The maximum atomic E-state index is 12.6. The van der Waals surface area contributed by atoms with Gasteiger partial charge in [0.25, 0.3) is 10.0 Å². The Labute approximate surface area is 125 Å². The Balaban J connectivity index is 2.45. The molecule has 0 unspecified atom stereocenters. The third kappa shape index (κ3) is 2.91. The molecule has 4 nitrogen and oxygen atoms in total. The molecule has 0 atom stereocenters. The minimum atomic E-state index is -3.63. The highest BCUT2D eigenvalue weighted by Gasteiger charge is 2.22. The van der Waals surface area contributed by atoms with Crippen LogP contribution in [0.5, 0.6) is 0 Å². The summed E-state index contributed by atoms with van der Waals surface area (Å²) in [4.78, 5) is 0.170. The highest BCUT2D eigenvalue weighted by atomic mass is 32.2. The van der Waals surface area contributed by atoms with Gasteiger partial charge in [0.15, 0.2) is 0 Å². The van der Waals surface area contributed by atoms with Crippen molar-refractivity contribution in [3.8, 4) is 6.07 Å². The van der Waals surface area contributed by atoms with Crippen LogP contribution >= 0.6 is 0 Å². The molecule has 5 heteroatoms. The van der Waals surface area contributed by atoms with Gasteiger partial charge in [0.05, 0.1) is 22.2 Å². The molecule has 0 fully saturated rings. The van der Waals surface area contributed by atoms with Crippen molar-refractivity contribution in [2.24, 2.45) is 0 Å². The van der Waals surface area contributed by atoms with Gasteiger partial charge >= 0.3 is 0 Å². The fourth-order valence-electron chi connectivity index (χ4n) is 2.15. The fourth-order valence-corrected chi connectivity index (χ4v) is 3.41. The summed E-state index contributed by atoms with van der Waals surface area (Å²) in [7, 11) is -2.10. The van der Waals surface area contributed by atoms with Crippen molar-refractivity contribution < 1.29 is 8.42 Å². The van der Waals surface area contributed by atoms with Crippen molar-refractivity contribution in [1.29, 1.82) is 5.26 Å². The second-order valence-electron chi connectivity index (χ2n) is 4.90. The molecule has 0 N–H and O–H groups in total. The third-order valence-corrected chi connectivity index (χ3v) is 5.12. The molecule has 0 radical (unpaired) electrons. The lowest BCUT2D eigenvalue weighted by molar-refractivity contribution is 0.594. The molecule has 108 valence electrons. The van der Waals surface area contributed by atoms with Crippen LogP contribution in [0.4, 0.5) is 5.69 Å². The van der Waals surface area contributed by atoms with E-state index in [-0.39, 0.29) is 4.90 Å². The van der Waals surface area contributed by atoms with E-state index in [2.05, 4.69) is 0 Å². The zero-order valence-electron chi connectivity index (χ0n) is 12.2. The Morgan fingerprint density at radius 3 is 2.19 bits per heavy atom. The van der Waals surface area contributed by atoms with Gasteiger partial charge in [-0.15, -0.1) is 0 Å². The number of rotatable bonds is 3. The summed E-state index contributed by atoms with van der Waals surface area (Å²) in [5, 5.41) is 8.77. The van der Waals surface area contributed by atoms with Gasteiger partial charge in [0.1, 0.15) is 0 Å². The predicted octanol–water partition coefficient (Wildman–Crippen LogP) is 3.00. The number of nitrogens with zero attached hydrogens (tertiary/aromatic N) is 2. The number of sulfonamides is 1. The van der Waals surface area contributed by atoms with Crippen LogP contribution in [-0.4, -0.2) is 15.5 Å². The van der Waals surface area contributed by atoms with Gasteiger partial charge in [0, 0.05) is 7.05 Å². The highest BCUT2D eigenvalue weighted by molar-refractivity contribution is 7.92. The smallest absolute Gasteiger partial charge is 0.264 e. The van der Waals surface area contributed by atoms with E-state index in [1.54, 1.807) is 6.07 Å². The number of hydrogen-bond acceptors (Lipinski definition) is 3. The number of nitriles is 1. The van der Waals surface area contributed by atoms with Crippen molar-refractivity contribution in [3.05, 3.63) is 59.2 Å². The van der Waals surface area contributed by atoms with Gasteiger partial charge in [-0.05, 0) is 49.7 Å². The van der Waals surface area contributed by atoms with E-state index in [1.165, 1.54) is 35.6 Å². The fraction of sp³-hybridized carbons (Fsp3) is 0.188. The van der Waals surface area contributed by atoms with E-state index in [0.29, 0.717) is 11.3 Å². The van der Waals surface area contributed by atoms with E-state index in [9.17, 15) is 8.42 Å². The minimum absolute atomic E-state index is 0.170. The normalized spacial score (nSPS) is 11.0. The number of aryl methyl sites for hydroxylation is 2. The molecule has 0 aromatic heterocycles. The summed E-state index contributed by atoms with van der Waals surface area (Å²) in [6, 6.07) is 13.5. The first-order valence-electron chi connectivity index (χ1n) is 6.42. The van der Waals surface area contributed by atoms with E-state index in [0.717, 1.165) is 11.1 Å². The first-order chi connectivity index (χ1) is 9.86. The Hall–Kier alpha value is -2.32. The van der Waals surface area contributed by atoms with Gasteiger partial charge < -0.3 is 0 Å². The minimum Gasteiger partial charge on any atom is -0.269 e. The Morgan fingerprint density at radius 2 is 1.67 bits per heavy atom. The van der Waals surface area contributed by atoms with Crippen molar-refractivity contribution in [1.82, 2.24) is 0 Å². The van der Waals surface area contributed by atoms with Crippen LogP contribution in [0.25, 0.3) is 0 Å². The molecular weight excluding hydrogens is 284 g/mol. The van der Waals surface area contributed by atoms with Gasteiger partial charge in [0.2, 0.25) is 0 Å². The van der Waals surface area contributed by atoms with E-state index < -0.39 is 10.0 Å². The monoisotopic (exact) mass is 300 g/mol. The van der Waals surface area contributed by atoms with E-state index in [1.807, 2.05) is 32.0 Å². The summed E-state index contributed by atoms with van der Waals surface area (Å²) in [6.07, 6.45) is 0. The molecule has 0 amide bonds. The first kappa shape index (κ1) is 15.1. The number of benzene rings is 2. The summed E-state index contributed by atoms with van der Waals surface area (Å²) < 4.78 is 26.5. The van der Waals surface area contributed by atoms with Crippen LogP contribution < -0.4 is 4.31 Å². The van der Waals surface area contributed by atoms with Gasteiger partial charge in [-0.1, -0.05) is 17.7 Å². The molecule has 0 heterocycles. The summed E-state index contributed by atoms with van der Waals surface area (Å²) in [5.74, 6) is 0. The van der Waals surface area contributed by atoms with Gasteiger partial charge in [-0.3, -0.25) is 4.31 Å². The SMILES string of the molecule is Cc1ccc(N(C)S(=O)(=O)c2ccc(C#N)cc2)c(C)c1. The third-order valence-electron chi connectivity index (χ3n) is 3.33. The lowest BCUT2D eigenvalue weighted by atomic mass is 10.1. The first-order valence-corrected chi connectivity index (χ1v) is 7.86. The van der Waals surface area contributed by atoms with Gasteiger partial charge in [-0.25, -0.2) is 8.42 Å². The van der Waals surface area contributed by atoms with Crippen LogP contribution in [0, 0.1) is 25.2 Å². The Bertz CT molecular complexity index is 803. The molecule has 2 aromatic rings. The standard InChI is InChI=1S/C16H16N2O2S/c1-12-4-9-16(13(2)10-12)18(3)21(19,20)15-7-5-14(11-17)6-8-15/h4-10H,1-3H3. The quantitative estimate of drug-likeness (QED) is 0.875. The average Bonchev–Trinajstić information content (AvgIpc) is 2.46. The molecule has 0 aliphatic rings. The molecule has 0 aliphatic heterocycles. The Morgan fingerprint density at radius 1 is 1.05 bits per heavy atom. The molecular formula is C16H16N2O2S. The molecule has 0 aliphatic carbocycles. The summed E-state index contributed by atoms with van der Waals surface area (Å²) in [5.41, 5.74) is 3.06. The number of anilines is 1. The largest absolute Gasteiger partial charge is 0.269 e. The maximum Gasteiger partial charge on any atom is 0.264 e. The topological polar surface area (TPSA) is 61.2 Å². The van der Waals surface area contributed by atoms with Crippen LogP contribution in [0.2, 0.25) is 0 Å². The van der Waals surface area contributed by atoms with Crippen molar-refractivity contribution in [2.75, 3.05) is 11.4 Å². The summed E-state index contributed by atoms with van der Waals surface area (Å²) in [6.45, 7) is 3.85. The Kier molecular flexibility index (Phi) is 4.01. The molecule has 0 spiro atoms. The zero-order chi connectivity index (χ0) is 15.6. The van der Waals surface area contributed by atoms with E-state index >= 15 is 0 Å². The van der Waals surface area contributed by atoms with Crippen LogP contribution in [-0.2, 0) is 10.0 Å². The second kappa shape index (κ2) is 5.58. The van der Waals surface area contributed by atoms with Crippen LogP contribution in [0.15, 0.2) is 47.4 Å². The molecule has 0 bridgehead atoms. The predicted molar refractivity (Wildman–Crippen MR) is 82.7 cm³/mol. The lowest BCUT2D eigenvalue weighted by Gasteiger charge is -2.21. The highest BCUT2D eigenvalue weighted by Crippen LogP contribution is 2.26. The zero-order valence-corrected chi connectivity index (χ0v) is 13.0. The lowest BCUT2D eigenvalue weighted by Crippen LogP contribution is -2.27. The molecule has 0 saturated heterocycles. The number of hydrogen-bond donors (Lipinski definition) is 0. The molecule has 2 rings (SSSR count). The molecule has 2 aromatic carbocycles. The average molecular weight is 300 g/mol. The molecule has 21 heavy (non-hydrogen) atoms. The second-order valence-corrected chi connectivity index (χ2v) is 6.87. The molecule has 0 saturated carbocycles. The van der Waals surface area contributed by atoms with Crippen LogP contribution in [0.3, 0.4) is 0 Å². The van der Waals surface area contributed by atoms with Gasteiger partial charge in [-0.2, -0.15) is 5.26 Å². The van der Waals surface area contributed by atoms with Crippen molar-refractivity contribution in [2.45, 2.75) is 18.7 Å². The van der Waals surface area contributed by atoms with Crippen molar-refractivity contribution >= 4 is 15.7 Å².